The first-order chi connectivity index (χ1) is 7.74. The maximum Gasteiger partial charge on any atom is 0.241 e. The number of aryl methyl sites for hydroxylation is 2. The van der Waals surface area contributed by atoms with Crippen molar-refractivity contribution in [2.45, 2.75) is 18.7 Å². The van der Waals surface area contributed by atoms with Gasteiger partial charge in [0.2, 0.25) is 10.0 Å². The molecule has 0 radical (unpaired) electrons. The molecular weight excluding hydrogens is 263 g/mol. The minimum atomic E-state index is -3.72. The van der Waals surface area contributed by atoms with E-state index in [2.05, 4.69) is 16.9 Å². The van der Waals surface area contributed by atoms with Crippen LogP contribution in [-0.2, 0) is 10.0 Å². The third-order valence-electron chi connectivity index (χ3n) is 2.13. The van der Waals surface area contributed by atoms with Gasteiger partial charge in [0.15, 0.2) is 0 Å². The van der Waals surface area contributed by atoms with E-state index in [1.165, 1.54) is 26.0 Å². The normalized spacial score (nSPS) is 11.5. The number of nitrogens with one attached hydrogen (secondary N) is 1. The molecule has 1 aromatic rings. The molecule has 0 aliphatic rings. The van der Waals surface area contributed by atoms with Crippen LogP contribution >= 0.6 is 12.2 Å². The number of sulfonamides is 1. The summed E-state index contributed by atoms with van der Waals surface area (Å²) in [5, 5.41) is 0. The summed E-state index contributed by atoms with van der Waals surface area (Å²) in [6.07, 6.45) is 0. The molecule has 0 heterocycles. The summed E-state index contributed by atoms with van der Waals surface area (Å²) in [7, 11) is -3.72. The van der Waals surface area contributed by atoms with Gasteiger partial charge in [-0.2, -0.15) is 0 Å². The predicted molar refractivity (Wildman–Crippen MR) is 67.8 cm³/mol. The van der Waals surface area contributed by atoms with E-state index in [9.17, 15) is 12.8 Å². The number of halogens is 1. The second-order valence-electron chi connectivity index (χ2n) is 3.66. The first-order valence-electron chi connectivity index (χ1n) is 4.79. The topological polar surface area (TPSA) is 72.2 Å². The van der Waals surface area contributed by atoms with Crippen molar-refractivity contribution in [3.05, 3.63) is 29.1 Å². The highest BCUT2D eigenvalue weighted by Crippen LogP contribution is 2.20. The Morgan fingerprint density at radius 3 is 2.29 bits per heavy atom. The summed E-state index contributed by atoms with van der Waals surface area (Å²) in [5.74, 6) is -0.465. The molecule has 0 aliphatic heterocycles. The first-order valence-corrected chi connectivity index (χ1v) is 6.68. The van der Waals surface area contributed by atoms with Gasteiger partial charge in [0.25, 0.3) is 0 Å². The van der Waals surface area contributed by atoms with Crippen molar-refractivity contribution in [2.24, 2.45) is 5.73 Å². The third-order valence-corrected chi connectivity index (χ3v) is 3.98. The Morgan fingerprint density at radius 1 is 1.41 bits per heavy atom. The van der Waals surface area contributed by atoms with Crippen LogP contribution in [0.4, 0.5) is 4.39 Å². The van der Waals surface area contributed by atoms with Gasteiger partial charge in [-0.1, -0.05) is 12.2 Å². The molecule has 0 unspecified atom stereocenters. The van der Waals surface area contributed by atoms with Gasteiger partial charge in [0, 0.05) is 0 Å². The molecule has 1 rings (SSSR count). The highest BCUT2D eigenvalue weighted by molar-refractivity contribution is 7.89. The van der Waals surface area contributed by atoms with Gasteiger partial charge in [-0.15, -0.1) is 0 Å². The number of hydrogen-bond acceptors (Lipinski definition) is 3. The van der Waals surface area contributed by atoms with Gasteiger partial charge < -0.3 is 5.73 Å². The van der Waals surface area contributed by atoms with Crippen LogP contribution < -0.4 is 10.5 Å². The Balaban J connectivity index is 3.20. The van der Waals surface area contributed by atoms with Gasteiger partial charge in [0.1, 0.15) is 5.82 Å². The van der Waals surface area contributed by atoms with Crippen LogP contribution in [0.25, 0.3) is 0 Å². The number of benzene rings is 1. The van der Waals surface area contributed by atoms with Gasteiger partial charge in [0.05, 0.1) is 16.4 Å². The first kappa shape index (κ1) is 14.0. The molecule has 17 heavy (non-hydrogen) atoms. The van der Waals surface area contributed by atoms with E-state index >= 15 is 0 Å². The SMILES string of the molecule is Cc1cc(F)cc(C)c1S(=O)(=O)NCC(N)=S. The van der Waals surface area contributed by atoms with Crippen molar-refractivity contribution in [2.75, 3.05) is 6.54 Å². The highest BCUT2D eigenvalue weighted by Gasteiger charge is 2.20. The van der Waals surface area contributed by atoms with Crippen molar-refractivity contribution in [1.29, 1.82) is 0 Å². The van der Waals surface area contributed by atoms with E-state index in [1.54, 1.807) is 0 Å². The summed E-state index contributed by atoms with van der Waals surface area (Å²) in [4.78, 5) is 0.112. The van der Waals surface area contributed by atoms with Gasteiger partial charge in [-0.3, -0.25) is 0 Å². The largest absolute Gasteiger partial charge is 0.392 e. The minimum Gasteiger partial charge on any atom is -0.392 e. The Hall–Kier alpha value is -1.05. The maximum absolute atomic E-state index is 13.1. The predicted octanol–water partition coefficient (Wildman–Crippen LogP) is 1.01. The number of nitrogens with two attached hydrogens (primary N) is 1. The average molecular weight is 276 g/mol. The Morgan fingerprint density at radius 2 is 1.88 bits per heavy atom. The van der Waals surface area contributed by atoms with E-state index in [0.29, 0.717) is 11.1 Å². The summed E-state index contributed by atoms with van der Waals surface area (Å²) in [5.41, 5.74) is 5.91. The fourth-order valence-electron chi connectivity index (χ4n) is 1.56. The molecule has 0 fully saturated rings. The lowest BCUT2D eigenvalue weighted by Crippen LogP contribution is -2.33. The second-order valence-corrected chi connectivity index (χ2v) is 5.89. The summed E-state index contributed by atoms with van der Waals surface area (Å²) in [6, 6.07) is 2.34. The van der Waals surface area contributed by atoms with Gasteiger partial charge >= 0.3 is 0 Å². The van der Waals surface area contributed by atoms with E-state index < -0.39 is 15.8 Å². The standard InChI is InChI=1S/C10H13FN2O2S2/c1-6-3-8(11)4-7(2)10(6)17(14,15)13-5-9(12)16/h3-4,13H,5H2,1-2H3,(H2,12,16). The lowest BCUT2D eigenvalue weighted by molar-refractivity contribution is 0.583. The lowest BCUT2D eigenvalue weighted by atomic mass is 10.1. The van der Waals surface area contributed by atoms with Crippen LogP contribution in [0.5, 0.6) is 0 Å². The molecule has 0 saturated carbocycles. The van der Waals surface area contributed by atoms with E-state index in [-0.39, 0.29) is 16.4 Å². The fraction of sp³-hybridized carbons (Fsp3) is 0.300. The van der Waals surface area contributed by atoms with Crippen molar-refractivity contribution < 1.29 is 12.8 Å². The van der Waals surface area contributed by atoms with Crippen LogP contribution in [0.1, 0.15) is 11.1 Å². The summed E-state index contributed by atoms with van der Waals surface area (Å²) >= 11 is 4.59. The monoisotopic (exact) mass is 276 g/mol. The molecule has 0 aliphatic carbocycles. The molecule has 0 bridgehead atoms. The van der Waals surface area contributed by atoms with Crippen molar-refractivity contribution in [1.82, 2.24) is 4.72 Å². The molecule has 3 N–H and O–H groups in total. The van der Waals surface area contributed by atoms with Crippen LogP contribution in [0.3, 0.4) is 0 Å². The fourth-order valence-corrected chi connectivity index (χ4v) is 3.18. The third kappa shape index (κ3) is 3.45. The number of rotatable bonds is 4. The molecule has 4 nitrogen and oxygen atoms in total. The highest BCUT2D eigenvalue weighted by atomic mass is 32.2. The van der Waals surface area contributed by atoms with E-state index in [1.807, 2.05) is 0 Å². The lowest BCUT2D eigenvalue weighted by Gasteiger charge is -2.11. The molecule has 7 heteroatoms. The van der Waals surface area contributed by atoms with Crippen LogP contribution in [-0.4, -0.2) is 20.0 Å². The van der Waals surface area contributed by atoms with Crippen molar-refractivity contribution in [3.63, 3.8) is 0 Å². The Kier molecular flexibility index (Phi) is 4.18. The number of hydrogen-bond donors (Lipinski definition) is 2. The Labute approximate surface area is 105 Å². The molecular formula is C10H13FN2O2S2. The molecule has 0 saturated heterocycles. The molecule has 94 valence electrons. The van der Waals surface area contributed by atoms with E-state index in [0.717, 1.165) is 0 Å². The molecule has 0 spiro atoms. The average Bonchev–Trinajstić information content (AvgIpc) is 2.12. The van der Waals surface area contributed by atoms with Crippen LogP contribution in [0.15, 0.2) is 17.0 Å². The molecule has 1 aromatic carbocycles. The minimum absolute atomic E-state index is 0.0472. The zero-order chi connectivity index (χ0) is 13.2. The zero-order valence-electron chi connectivity index (χ0n) is 9.45. The number of thiocarbonyl (C=S) groups is 1. The Bertz CT molecular complexity index is 532. The van der Waals surface area contributed by atoms with Crippen molar-refractivity contribution >= 4 is 27.2 Å². The van der Waals surface area contributed by atoms with E-state index in [4.69, 9.17) is 5.73 Å². The van der Waals surface area contributed by atoms with Crippen molar-refractivity contribution in [3.8, 4) is 0 Å². The van der Waals surface area contributed by atoms with Gasteiger partial charge in [-0.05, 0) is 37.1 Å². The quantitative estimate of drug-likeness (QED) is 0.805. The molecule has 0 amide bonds. The molecule has 0 aromatic heterocycles. The maximum atomic E-state index is 13.1. The zero-order valence-corrected chi connectivity index (χ0v) is 11.1. The van der Waals surface area contributed by atoms with Crippen LogP contribution in [0, 0.1) is 19.7 Å². The van der Waals surface area contributed by atoms with Crippen LogP contribution in [0.2, 0.25) is 0 Å². The summed E-state index contributed by atoms with van der Waals surface area (Å²) < 4.78 is 39.2. The molecule has 0 atom stereocenters. The van der Waals surface area contributed by atoms with Gasteiger partial charge in [-0.25, -0.2) is 17.5 Å². The smallest absolute Gasteiger partial charge is 0.241 e. The second kappa shape index (κ2) is 5.07. The summed E-state index contributed by atoms with van der Waals surface area (Å²) in [6.45, 7) is 2.95.